The van der Waals surface area contributed by atoms with Crippen LogP contribution in [0.2, 0.25) is 0 Å². The van der Waals surface area contributed by atoms with E-state index in [0.29, 0.717) is 23.6 Å². The first-order valence-electron chi connectivity index (χ1n) is 7.27. The normalized spacial score (nSPS) is 10.2. The summed E-state index contributed by atoms with van der Waals surface area (Å²) in [5, 5.41) is 2.91. The molecule has 1 aromatic carbocycles. The molecular formula is C17H20N2O3S. The number of rotatable bonds is 8. The minimum Gasteiger partial charge on any atom is -0.497 e. The fourth-order valence-electron chi connectivity index (χ4n) is 1.94. The van der Waals surface area contributed by atoms with Gasteiger partial charge in [0.1, 0.15) is 11.5 Å². The lowest BCUT2D eigenvalue weighted by atomic mass is 10.2. The number of nitrogens with one attached hydrogen (secondary N) is 1. The molecule has 5 nitrogen and oxygen atoms in total. The van der Waals surface area contributed by atoms with Gasteiger partial charge >= 0.3 is 0 Å². The van der Waals surface area contributed by atoms with Gasteiger partial charge in [0.05, 0.1) is 14.2 Å². The lowest BCUT2D eigenvalue weighted by molar-refractivity contribution is 0.0953. The van der Waals surface area contributed by atoms with Crippen molar-refractivity contribution < 1.29 is 14.3 Å². The van der Waals surface area contributed by atoms with Gasteiger partial charge in [-0.2, -0.15) is 0 Å². The Labute approximate surface area is 140 Å². The van der Waals surface area contributed by atoms with E-state index in [0.717, 1.165) is 12.2 Å². The van der Waals surface area contributed by atoms with Crippen molar-refractivity contribution in [1.29, 1.82) is 0 Å². The Morgan fingerprint density at radius 2 is 1.78 bits per heavy atom. The number of nitrogens with zero attached hydrogens (tertiary/aromatic N) is 1. The first-order valence-corrected chi connectivity index (χ1v) is 8.25. The number of carbonyl (C=O) groups excluding carboxylic acids is 1. The smallest absolute Gasteiger partial charge is 0.251 e. The molecule has 0 radical (unpaired) electrons. The Morgan fingerprint density at radius 1 is 1.13 bits per heavy atom. The number of benzene rings is 1. The zero-order valence-electron chi connectivity index (χ0n) is 13.2. The van der Waals surface area contributed by atoms with Crippen LogP contribution in [-0.2, 0) is 0 Å². The second kappa shape index (κ2) is 9.05. The molecule has 0 fully saturated rings. The summed E-state index contributed by atoms with van der Waals surface area (Å²) in [6.45, 7) is 0.621. The highest BCUT2D eigenvalue weighted by molar-refractivity contribution is 7.99. The number of methoxy groups -OCH3 is 2. The molecule has 0 aliphatic rings. The van der Waals surface area contributed by atoms with Gasteiger partial charge in [-0.25, -0.2) is 0 Å². The molecule has 1 N–H and O–H groups in total. The highest BCUT2D eigenvalue weighted by Crippen LogP contribution is 2.22. The molecule has 0 bridgehead atoms. The summed E-state index contributed by atoms with van der Waals surface area (Å²) in [6.07, 6.45) is 4.44. The van der Waals surface area contributed by atoms with Gasteiger partial charge in [0.15, 0.2) is 0 Å². The van der Waals surface area contributed by atoms with Gasteiger partial charge in [-0.15, -0.1) is 11.8 Å². The third kappa shape index (κ3) is 5.49. The first-order chi connectivity index (χ1) is 11.2. The summed E-state index contributed by atoms with van der Waals surface area (Å²) >= 11 is 1.75. The predicted molar refractivity (Wildman–Crippen MR) is 91.5 cm³/mol. The van der Waals surface area contributed by atoms with E-state index in [1.165, 1.54) is 4.90 Å². The Hall–Kier alpha value is -2.21. The molecule has 0 spiro atoms. The third-order valence-corrected chi connectivity index (χ3v) is 4.24. The van der Waals surface area contributed by atoms with E-state index in [9.17, 15) is 4.79 Å². The maximum atomic E-state index is 12.2. The summed E-state index contributed by atoms with van der Waals surface area (Å²) in [4.78, 5) is 17.3. The van der Waals surface area contributed by atoms with Gasteiger partial charge in [0.25, 0.3) is 5.91 Å². The van der Waals surface area contributed by atoms with Gasteiger partial charge in [-0.3, -0.25) is 9.78 Å². The van der Waals surface area contributed by atoms with Gasteiger partial charge in [-0.05, 0) is 36.4 Å². The molecule has 23 heavy (non-hydrogen) atoms. The van der Waals surface area contributed by atoms with Crippen LogP contribution in [-0.4, -0.2) is 37.4 Å². The second-order valence-corrected chi connectivity index (χ2v) is 5.91. The maximum absolute atomic E-state index is 12.2. The molecule has 2 aromatic rings. The molecule has 0 aliphatic heterocycles. The largest absolute Gasteiger partial charge is 0.497 e. The molecule has 0 aliphatic carbocycles. The number of thioether (sulfide) groups is 1. The number of ether oxygens (including phenoxy) is 2. The molecule has 0 unspecified atom stereocenters. The zero-order valence-corrected chi connectivity index (χ0v) is 14.1. The van der Waals surface area contributed by atoms with Crippen LogP contribution in [0, 0.1) is 0 Å². The van der Waals surface area contributed by atoms with E-state index in [2.05, 4.69) is 10.3 Å². The highest BCUT2D eigenvalue weighted by atomic mass is 32.2. The molecule has 0 saturated heterocycles. The Morgan fingerprint density at radius 3 is 2.39 bits per heavy atom. The first kappa shape index (κ1) is 17.1. The van der Waals surface area contributed by atoms with Gasteiger partial charge in [0.2, 0.25) is 0 Å². The fraction of sp³-hybridized carbons (Fsp3) is 0.294. The van der Waals surface area contributed by atoms with Crippen LogP contribution >= 0.6 is 11.8 Å². The van der Waals surface area contributed by atoms with E-state index in [1.54, 1.807) is 56.6 Å². The number of aromatic nitrogens is 1. The predicted octanol–water partition coefficient (Wildman–Crippen LogP) is 3.01. The molecule has 122 valence electrons. The highest BCUT2D eigenvalue weighted by Gasteiger charge is 2.09. The molecule has 1 amide bonds. The standard InChI is InChI=1S/C17H20N2O3S/c1-21-14-10-13(11-15(12-14)22-2)17(20)19-6-3-9-23-16-4-7-18-8-5-16/h4-5,7-8,10-12H,3,6,9H2,1-2H3,(H,19,20). The van der Waals surface area contributed by atoms with Gasteiger partial charge in [-0.1, -0.05) is 0 Å². The summed E-state index contributed by atoms with van der Waals surface area (Å²) in [7, 11) is 3.12. The van der Waals surface area contributed by atoms with E-state index < -0.39 is 0 Å². The van der Waals surface area contributed by atoms with Crippen molar-refractivity contribution in [2.75, 3.05) is 26.5 Å². The Balaban J connectivity index is 1.78. The van der Waals surface area contributed by atoms with Crippen LogP contribution in [0.5, 0.6) is 11.5 Å². The number of amides is 1. The molecule has 1 heterocycles. The second-order valence-electron chi connectivity index (χ2n) is 4.74. The molecule has 2 rings (SSSR count). The Bertz CT molecular complexity index is 613. The van der Waals surface area contributed by atoms with Crippen LogP contribution in [0.4, 0.5) is 0 Å². The van der Waals surface area contributed by atoms with Crippen molar-refractivity contribution in [2.24, 2.45) is 0 Å². The lowest BCUT2D eigenvalue weighted by Gasteiger charge is -2.09. The SMILES string of the molecule is COc1cc(OC)cc(C(=O)NCCCSc2ccncc2)c1. The van der Waals surface area contributed by atoms with Gasteiger partial charge < -0.3 is 14.8 Å². The van der Waals surface area contributed by atoms with E-state index >= 15 is 0 Å². The van der Waals surface area contributed by atoms with Crippen LogP contribution in [0.25, 0.3) is 0 Å². The maximum Gasteiger partial charge on any atom is 0.251 e. The summed E-state index contributed by atoms with van der Waals surface area (Å²) in [5.41, 5.74) is 0.531. The number of hydrogen-bond donors (Lipinski definition) is 1. The molecule has 6 heteroatoms. The van der Waals surface area contributed by atoms with Crippen molar-refractivity contribution in [3.05, 3.63) is 48.3 Å². The van der Waals surface area contributed by atoms with E-state index in [1.807, 2.05) is 12.1 Å². The average Bonchev–Trinajstić information content (AvgIpc) is 2.61. The number of pyridine rings is 1. The lowest BCUT2D eigenvalue weighted by Crippen LogP contribution is -2.24. The minimum absolute atomic E-state index is 0.129. The number of hydrogen-bond acceptors (Lipinski definition) is 5. The Kier molecular flexibility index (Phi) is 6.75. The van der Waals surface area contributed by atoms with Crippen molar-refractivity contribution >= 4 is 17.7 Å². The van der Waals surface area contributed by atoms with Crippen LogP contribution in [0.1, 0.15) is 16.8 Å². The summed E-state index contributed by atoms with van der Waals surface area (Å²) in [5.74, 6) is 2.01. The summed E-state index contributed by atoms with van der Waals surface area (Å²) in [6, 6.07) is 9.09. The quantitative estimate of drug-likeness (QED) is 0.595. The molecular weight excluding hydrogens is 312 g/mol. The van der Waals surface area contributed by atoms with Crippen LogP contribution in [0.15, 0.2) is 47.6 Å². The zero-order chi connectivity index (χ0) is 16.5. The van der Waals surface area contributed by atoms with Crippen molar-refractivity contribution in [3.63, 3.8) is 0 Å². The summed E-state index contributed by atoms with van der Waals surface area (Å²) < 4.78 is 10.3. The fourth-order valence-corrected chi connectivity index (χ4v) is 2.78. The third-order valence-electron chi connectivity index (χ3n) is 3.14. The van der Waals surface area contributed by atoms with Crippen LogP contribution in [0.3, 0.4) is 0 Å². The van der Waals surface area contributed by atoms with Gasteiger partial charge in [0, 0.05) is 35.5 Å². The number of carbonyl (C=O) groups is 1. The topological polar surface area (TPSA) is 60.5 Å². The van der Waals surface area contributed by atoms with Crippen molar-refractivity contribution in [2.45, 2.75) is 11.3 Å². The average molecular weight is 332 g/mol. The molecule has 0 saturated carbocycles. The van der Waals surface area contributed by atoms with E-state index in [-0.39, 0.29) is 5.91 Å². The monoisotopic (exact) mass is 332 g/mol. The van der Waals surface area contributed by atoms with Crippen LogP contribution < -0.4 is 14.8 Å². The minimum atomic E-state index is -0.129. The molecule has 1 aromatic heterocycles. The molecule has 0 atom stereocenters. The van der Waals surface area contributed by atoms with Crippen molar-refractivity contribution in [3.8, 4) is 11.5 Å². The van der Waals surface area contributed by atoms with Crippen molar-refractivity contribution in [1.82, 2.24) is 10.3 Å². The van der Waals surface area contributed by atoms with E-state index in [4.69, 9.17) is 9.47 Å².